The van der Waals surface area contributed by atoms with Gasteiger partial charge in [0.05, 0.1) is 0 Å². The van der Waals surface area contributed by atoms with E-state index in [1.165, 1.54) is 58.2 Å². The summed E-state index contributed by atoms with van der Waals surface area (Å²) >= 11 is 0. The Bertz CT molecular complexity index is 199. The van der Waals surface area contributed by atoms with Gasteiger partial charge in [-0.05, 0) is 44.7 Å². The number of nitrogens with zero attached hydrogens (tertiary/aromatic N) is 1. The van der Waals surface area contributed by atoms with Crippen LogP contribution in [0.4, 0.5) is 0 Å². The van der Waals surface area contributed by atoms with Crippen LogP contribution in [0.15, 0.2) is 0 Å². The zero-order valence-electron chi connectivity index (χ0n) is 11.0. The number of rotatable bonds is 6. The van der Waals surface area contributed by atoms with E-state index in [9.17, 15) is 0 Å². The van der Waals surface area contributed by atoms with E-state index in [-0.39, 0.29) is 0 Å². The zero-order valence-corrected chi connectivity index (χ0v) is 11.0. The van der Waals surface area contributed by atoms with Crippen LogP contribution in [-0.4, -0.2) is 36.6 Å². The summed E-state index contributed by atoms with van der Waals surface area (Å²) in [5, 5.41) is 3.68. The second kappa shape index (κ2) is 6.02. The Labute approximate surface area is 101 Å². The van der Waals surface area contributed by atoms with Gasteiger partial charge >= 0.3 is 0 Å². The molecule has 0 aromatic heterocycles. The van der Waals surface area contributed by atoms with E-state index in [4.69, 9.17) is 0 Å². The molecular weight excluding hydrogens is 196 g/mol. The van der Waals surface area contributed by atoms with E-state index in [0.717, 1.165) is 12.0 Å². The maximum atomic E-state index is 3.68. The second-order valence-corrected chi connectivity index (χ2v) is 6.05. The Morgan fingerprint density at radius 1 is 1.25 bits per heavy atom. The maximum absolute atomic E-state index is 3.68. The second-order valence-electron chi connectivity index (χ2n) is 6.05. The topological polar surface area (TPSA) is 15.3 Å². The average molecular weight is 224 g/mol. The van der Waals surface area contributed by atoms with Gasteiger partial charge in [0.25, 0.3) is 0 Å². The molecule has 1 aliphatic carbocycles. The quantitative estimate of drug-likeness (QED) is 0.746. The van der Waals surface area contributed by atoms with Gasteiger partial charge in [-0.1, -0.05) is 26.7 Å². The van der Waals surface area contributed by atoms with Crippen LogP contribution in [0.3, 0.4) is 0 Å². The molecule has 0 aromatic carbocycles. The first-order valence-electron chi connectivity index (χ1n) is 7.22. The van der Waals surface area contributed by atoms with Crippen molar-refractivity contribution in [1.29, 1.82) is 0 Å². The molecule has 2 rings (SSSR count). The van der Waals surface area contributed by atoms with E-state index in [1.807, 2.05) is 0 Å². The lowest BCUT2D eigenvalue weighted by atomic mass is 10.0. The molecule has 1 atom stereocenters. The van der Waals surface area contributed by atoms with Gasteiger partial charge < -0.3 is 10.2 Å². The molecule has 2 heteroatoms. The maximum Gasteiger partial charge on any atom is 0.0197 e. The highest BCUT2D eigenvalue weighted by Gasteiger charge is 2.22. The number of likely N-dealkylation sites (tertiary alicyclic amines) is 1. The number of nitrogens with one attached hydrogen (secondary N) is 1. The van der Waals surface area contributed by atoms with Crippen molar-refractivity contribution >= 4 is 0 Å². The van der Waals surface area contributed by atoms with Crippen LogP contribution in [0, 0.1) is 5.92 Å². The Morgan fingerprint density at radius 3 is 2.75 bits per heavy atom. The van der Waals surface area contributed by atoms with E-state index in [0.29, 0.717) is 6.04 Å². The zero-order chi connectivity index (χ0) is 11.4. The van der Waals surface area contributed by atoms with Crippen LogP contribution in [0.2, 0.25) is 0 Å². The van der Waals surface area contributed by atoms with E-state index < -0.39 is 0 Å². The highest BCUT2D eigenvalue weighted by molar-refractivity contribution is 4.80. The van der Waals surface area contributed by atoms with Gasteiger partial charge in [0, 0.05) is 18.6 Å². The van der Waals surface area contributed by atoms with Gasteiger partial charge in [-0.15, -0.1) is 0 Å². The summed E-state index contributed by atoms with van der Waals surface area (Å²) in [5.74, 6) is 1.11. The van der Waals surface area contributed by atoms with Crippen LogP contribution in [-0.2, 0) is 0 Å². The molecule has 1 aliphatic heterocycles. The molecule has 0 radical (unpaired) electrons. The highest BCUT2D eigenvalue weighted by Crippen LogP contribution is 2.33. The molecule has 2 fully saturated rings. The Balaban J connectivity index is 1.60. The number of hydrogen-bond acceptors (Lipinski definition) is 2. The van der Waals surface area contributed by atoms with Crippen molar-refractivity contribution in [2.24, 2.45) is 5.92 Å². The first-order chi connectivity index (χ1) is 7.74. The Kier molecular flexibility index (Phi) is 4.66. The fraction of sp³-hybridized carbons (Fsp3) is 1.00. The molecule has 0 bridgehead atoms. The summed E-state index contributed by atoms with van der Waals surface area (Å²) in [7, 11) is 0. The van der Waals surface area contributed by atoms with Crippen molar-refractivity contribution in [2.75, 3.05) is 19.6 Å². The van der Waals surface area contributed by atoms with Gasteiger partial charge in [0.2, 0.25) is 0 Å². The summed E-state index contributed by atoms with van der Waals surface area (Å²) in [6, 6.07) is 1.38. The van der Waals surface area contributed by atoms with Gasteiger partial charge in [-0.2, -0.15) is 0 Å². The largest absolute Gasteiger partial charge is 0.311 e. The summed E-state index contributed by atoms with van der Waals surface area (Å²) in [5.41, 5.74) is 0. The van der Waals surface area contributed by atoms with Gasteiger partial charge in [0.15, 0.2) is 0 Å². The van der Waals surface area contributed by atoms with Crippen molar-refractivity contribution in [3.05, 3.63) is 0 Å². The molecule has 2 nitrogen and oxygen atoms in total. The van der Waals surface area contributed by atoms with Crippen molar-refractivity contribution in [3.63, 3.8) is 0 Å². The summed E-state index contributed by atoms with van der Waals surface area (Å²) in [6.45, 7) is 8.47. The van der Waals surface area contributed by atoms with Crippen LogP contribution < -0.4 is 5.32 Å². The minimum atomic E-state index is 0.636. The summed E-state index contributed by atoms with van der Waals surface area (Å²) < 4.78 is 0. The predicted octanol–water partition coefficient (Wildman–Crippen LogP) is 2.64. The lowest BCUT2D eigenvalue weighted by Crippen LogP contribution is -2.47. The van der Waals surface area contributed by atoms with Crippen LogP contribution >= 0.6 is 0 Å². The molecule has 0 aromatic rings. The first kappa shape index (κ1) is 12.4. The smallest absolute Gasteiger partial charge is 0.0197 e. The molecule has 16 heavy (non-hydrogen) atoms. The Hall–Kier alpha value is -0.0800. The highest BCUT2D eigenvalue weighted by atomic mass is 15.2. The minimum absolute atomic E-state index is 0.636. The molecule has 1 N–H and O–H groups in total. The van der Waals surface area contributed by atoms with Crippen molar-refractivity contribution in [1.82, 2.24) is 10.2 Å². The summed E-state index contributed by atoms with van der Waals surface area (Å²) in [4.78, 5) is 2.67. The standard InChI is InChI=1S/C14H28N2/c1-12(2)15-14-6-4-10-16(11-14)9-3-5-13-7-8-13/h12-15H,3-11H2,1-2H3. The lowest BCUT2D eigenvalue weighted by Gasteiger charge is -2.34. The van der Waals surface area contributed by atoms with Crippen molar-refractivity contribution in [3.8, 4) is 0 Å². The summed E-state index contributed by atoms with van der Waals surface area (Å²) in [6.07, 6.45) is 8.69. The van der Waals surface area contributed by atoms with Crippen molar-refractivity contribution in [2.45, 2.75) is 64.5 Å². The predicted molar refractivity (Wildman–Crippen MR) is 69.7 cm³/mol. The molecule has 2 aliphatic rings. The average Bonchev–Trinajstić information content (AvgIpc) is 3.01. The molecule has 0 spiro atoms. The van der Waals surface area contributed by atoms with Gasteiger partial charge in [0.1, 0.15) is 0 Å². The third kappa shape index (κ3) is 4.42. The van der Waals surface area contributed by atoms with Gasteiger partial charge in [-0.3, -0.25) is 0 Å². The molecule has 1 saturated carbocycles. The monoisotopic (exact) mass is 224 g/mol. The number of piperidine rings is 1. The third-order valence-corrected chi connectivity index (χ3v) is 3.86. The molecule has 1 heterocycles. The number of hydrogen-bond donors (Lipinski definition) is 1. The minimum Gasteiger partial charge on any atom is -0.311 e. The van der Waals surface area contributed by atoms with Crippen LogP contribution in [0.5, 0.6) is 0 Å². The molecular formula is C14H28N2. The molecule has 94 valence electrons. The van der Waals surface area contributed by atoms with E-state index >= 15 is 0 Å². The third-order valence-electron chi connectivity index (χ3n) is 3.86. The SMILES string of the molecule is CC(C)NC1CCCN(CCCC2CC2)C1. The van der Waals surface area contributed by atoms with Crippen LogP contribution in [0.25, 0.3) is 0 Å². The Morgan fingerprint density at radius 2 is 2.06 bits per heavy atom. The molecule has 1 saturated heterocycles. The fourth-order valence-electron chi connectivity index (χ4n) is 2.88. The van der Waals surface area contributed by atoms with E-state index in [1.54, 1.807) is 0 Å². The molecule has 1 unspecified atom stereocenters. The van der Waals surface area contributed by atoms with Gasteiger partial charge in [-0.25, -0.2) is 0 Å². The molecule has 0 amide bonds. The first-order valence-corrected chi connectivity index (χ1v) is 7.22. The fourth-order valence-corrected chi connectivity index (χ4v) is 2.88. The van der Waals surface area contributed by atoms with Crippen LogP contribution in [0.1, 0.15) is 52.4 Å². The van der Waals surface area contributed by atoms with E-state index in [2.05, 4.69) is 24.1 Å². The van der Waals surface area contributed by atoms with Crippen molar-refractivity contribution < 1.29 is 0 Å². The lowest BCUT2D eigenvalue weighted by molar-refractivity contribution is 0.182. The normalized spacial score (nSPS) is 27.6.